The SMILES string of the molecule is CCCc1cc(CNC)cc(N(C)c2ccccc2F)n1. The van der Waals surface area contributed by atoms with Crippen LogP contribution in [0.25, 0.3) is 0 Å². The summed E-state index contributed by atoms with van der Waals surface area (Å²) in [4.78, 5) is 6.45. The second-order valence-electron chi connectivity index (χ2n) is 5.12. The van der Waals surface area contributed by atoms with Crippen molar-refractivity contribution in [3.63, 3.8) is 0 Å². The number of hydrogen-bond donors (Lipinski definition) is 1. The van der Waals surface area contributed by atoms with E-state index in [-0.39, 0.29) is 5.82 Å². The van der Waals surface area contributed by atoms with Crippen LogP contribution in [0.5, 0.6) is 0 Å². The molecule has 0 unspecified atom stereocenters. The van der Waals surface area contributed by atoms with Crippen molar-refractivity contribution in [1.82, 2.24) is 10.3 Å². The summed E-state index contributed by atoms with van der Waals surface area (Å²) in [6.45, 7) is 2.91. The molecule has 0 saturated carbocycles. The zero-order valence-corrected chi connectivity index (χ0v) is 12.9. The summed E-state index contributed by atoms with van der Waals surface area (Å²) >= 11 is 0. The van der Waals surface area contributed by atoms with E-state index in [1.165, 1.54) is 6.07 Å². The van der Waals surface area contributed by atoms with Crippen molar-refractivity contribution in [3.8, 4) is 0 Å². The van der Waals surface area contributed by atoms with E-state index in [1.807, 2.05) is 26.2 Å². The number of nitrogens with one attached hydrogen (secondary N) is 1. The molecule has 1 aromatic carbocycles. The molecular formula is C17H22FN3. The average molecular weight is 287 g/mol. The fourth-order valence-electron chi connectivity index (χ4n) is 2.34. The Kier molecular flexibility index (Phi) is 5.28. The van der Waals surface area contributed by atoms with E-state index in [0.29, 0.717) is 5.69 Å². The first-order valence-corrected chi connectivity index (χ1v) is 7.28. The quantitative estimate of drug-likeness (QED) is 0.879. The van der Waals surface area contributed by atoms with E-state index in [1.54, 1.807) is 17.0 Å². The summed E-state index contributed by atoms with van der Waals surface area (Å²) in [5, 5.41) is 3.15. The second-order valence-corrected chi connectivity index (χ2v) is 5.12. The number of hydrogen-bond acceptors (Lipinski definition) is 3. The molecule has 0 aliphatic heterocycles. The molecule has 0 aliphatic rings. The lowest BCUT2D eigenvalue weighted by atomic mass is 10.1. The lowest BCUT2D eigenvalue weighted by Crippen LogP contribution is -2.15. The predicted octanol–water partition coefficient (Wildman–Crippen LogP) is 3.66. The highest BCUT2D eigenvalue weighted by molar-refractivity contribution is 5.60. The van der Waals surface area contributed by atoms with Crippen LogP contribution < -0.4 is 10.2 Å². The van der Waals surface area contributed by atoms with Crippen LogP contribution in [0.1, 0.15) is 24.6 Å². The molecule has 2 aromatic rings. The number of anilines is 2. The molecule has 0 spiro atoms. The van der Waals surface area contributed by atoms with E-state index >= 15 is 0 Å². The Balaban J connectivity index is 2.39. The van der Waals surface area contributed by atoms with Gasteiger partial charge in [-0.2, -0.15) is 0 Å². The van der Waals surface area contributed by atoms with E-state index < -0.39 is 0 Å². The number of nitrogens with zero attached hydrogens (tertiary/aromatic N) is 2. The van der Waals surface area contributed by atoms with Crippen molar-refractivity contribution >= 4 is 11.5 Å². The summed E-state index contributed by atoms with van der Waals surface area (Å²) in [6, 6.07) is 10.9. The number of aryl methyl sites for hydroxylation is 1. The minimum atomic E-state index is -0.238. The Morgan fingerprint density at radius 2 is 2.00 bits per heavy atom. The van der Waals surface area contributed by atoms with E-state index in [9.17, 15) is 4.39 Å². The van der Waals surface area contributed by atoms with Gasteiger partial charge in [-0.3, -0.25) is 0 Å². The first kappa shape index (κ1) is 15.4. The van der Waals surface area contributed by atoms with Crippen LogP contribution in [0, 0.1) is 5.82 Å². The molecule has 2 rings (SSSR count). The molecule has 0 atom stereocenters. The van der Waals surface area contributed by atoms with Crippen LogP contribution >= 0.6 is 0 Å². The molecule has 1 aromatic heterocycles. The van der Waals surface area contributed by atoms with Gasteiger partial charge in [-0.1, -0.05) is 25.5 Å². The zero-order valence-electron chi connectivity index (χ0n) is 12.9. The maximum atomic E-state index is 13.9. The Hall–Kier alpha value is -1.94. The molecule has 0 fully saturated rings. The van der Waals surface area contributed by atoms with Crippen molar-refractivity contribution < 1.29 is 4.39 Å². The van der Waals surface area contributed by atoms with Crippen LogP contribution in [-0.4, -0.2) is 19.1 Å². The zero-order chi connectivity index (χ0) is 15.2. The highest BCUT2D eigenvalue weighted by atomic mass is 19.1. The third-order valence-corrected chi connectivity index (χ3v) is 3.37. The lowest BCUT2D eigenvalue weighted by molar-refractivity contribution is 0.627. The molecule has 1 N–H and O–H groups in total. The van der Waals surface area contributed by atoms with Crippen LogP contribution in [0.4, 0.5) is 15.9 Å². The minimum absolute atomic E-state index is 0.238. The summed E-state index contributed by atoms with van der Waals surface area (Å²) in [6.07, 6.45) is 1.97. The van der Waals surface area contributed by atoms with Gasteiger partial charge in [0.25, 0.3) is 0 Å². The molecule has 21 heavy (non-hydrogen) atoms. The number of benzene rings is 1. The molecule has 0 amide bonds. The van der Waals surface area contributed by atoms with Gasteiger partial charge in [0.2, 0.25) is 0 Å². The maximum Gasteiger partial charge on any atom is 0.146 e. The monoisotopic (exact) mass is 287 g/mol. The molecule has 0 aliphatic carbocycles. The molecule has 1 heterocycles. The van der Waals surface area contributed by atoms with Crippen molar-refractivity contribution in [1.29, 1.82) is 0 Å². The predicted molar refractivity (Wildman–Crippen MR) is 85.5 cm³/mol. The minimum Gasteiger partial charge on any atom is -0.327 e. The van der Waals surface area contributed by atoms with Gasteiger partial charge in [0.1, 0.15) is 11.6 Å². The standard InChI is InChI=1S/C17H22FN3/c1-4-7-14-10-13(12-19-2)11-17(20-14)21(3)16-9-6-5-8-15(16)18/h5-6,8-11,19H,4,7,12H2,1-3H3. The van der Waals surface area contributed by atoms with E-state index in [2.05, 4.69) is 23.3 Å². The number of aromatic nitrogens is 1. The van der Waals surface area contributed by atoms with Crippen molar-refractivity contribution in [2.45, 2.75) is 26.3 Å². The van der Waals surface area contributed by atoms with Crippen LogP contribution in [0.15, 0.2) is 36.4 Å². The third kappa shape index (κ3) is 3.79. The number of halogens is 1. The van der Waals surface area contributed by atoms with Crippen molar-refractivity contribution in [2.75, 3.05) is 19.0 Å². The molecule has 0 bridgehead atoms. The van der Waals surface area contributed by atoms with Gasteiger partial charge < -0.3 is 10.2 Å². The summed E-state index contributed by atoms with van der Waals surface area (Å²) in [7, 11) is 3.76. The van der Waals surface area contributed by atoms with Gasteiger partial charge in [-0.05, 0) is 43.3 Å². The molecule has 4 heteroatoms. The lowest BCUT2D eigenvalue weighted by Gasteiger charge is -2.20. The Labute approximate surface area is 125 Å². The van der Waals surface area contributed by atoms with Gasteiger partial charge in [0, 0.05) is 19.3 Å². The van der Waals surface area contributed by atoms with Gasteiger partial charge in [0.05, 0.1) is 5.69 Å². The van der Waals surface area contributed by atoms with Gasteiger partial charge in [0.15, 0.2) is 0 Å². The largest absolute Gasteiger partial charge is 0.327 e. The highest BCUT2D eigenvalue weighted by Crippen LogP contribution is 2.25. The summed E-state index contributed by atoms with van der Waals surface area (Å²) in [5.41, 5.74) is 2.74. The average Bonchev–Trinajstić information content (AvgIpc) is 2.47. The van der Waals surface area contributed by atoms with Gasteiger partial charge in [-0.25, -0.2) is 9.37 Å². The maximum absolute atomic E-state index is 13.9. The Bertz CT molecular complexity index is 574. The molecule has 0 radical (unpaired) electrons. The van der Waals surface area contributed by atoms with Gasteiger partial charge in [-0.15, -0.1) is 0 Å². The molecule has 3 nitrogen and oxygen atoms in total. The highest BCUT2D eigenvalue weighted by Gasteiger charge is 2.12. The van der Waals surface area contributed by atoms with Crippen LogP contribution in [0.3, 0.4) is 0 Å². The number of rotatable bonds is 6. The number of pyridine rings is 1. The number of para-hydroxylation sites is 1. The molecular weight excluding hydrogens is 265 g/mol. The van der Waals surface area contributed by atoms with E-state index in [0.717, 1.165) is 36.5 Å². The van der Waals surface area contributed by atoms with Crippen molar-refractivity contribution in [3.05, 3.63) is 53.5 Å². The normalized spacial score (nSPS) is 10.7. The third-order valence-electron chi connectivity index (χ3n) is 3.37. The van der Waals surface area contributed by atoms with Crippen LogP contribution in [-0.2, 0) is 13.0 Å². The first-order valence-electron chi connectivity index (χ1n) is 7.28. The summed E-state index contributed by atoms with van der Waals surface area (Å²) in [5.74, 6) is 0.536. The smallest absolute Gasteiger partial charge is 0.146 e. The second kappa shape index (κ2) is 7.18. The Morgan fingerprint density at radius 3 is 2.67 bits per heavy atom. The molecule has 112 valence electrons. The fraction of sp³-hybridized carbons (Fsp3) is 0.353. The van der Waals surface area contributed by atoms with E-state index in [4.69, 9.17) is 0 Å². The topological polar surface area (TPSA) is 28.2 Å². The fourth-order valence-corrected chi connectivity index (χ4v) is 2.34. The molecule has 0 saturated heterocycles. The first-order chi connectivity index (χ1) is 10.2. The van der Waals surface area contributed by atoms with Gasteiger partial charge >= 0.3 is 0 Å². The summed E-state index contributed by atoms with van der Waals surface area (Å²) < 4.78 is 13.9. The Morgan fingerprint density at radius 1 is 1.24 bits per heavy atom. The van der Waals surface area contributed by atoms with Crippen molar-refractivity contribution in [2.24, 2.45) is 0 Å². The van der Waals surface area contributed by atoms with Crippen LogP contribution in [0.2, 0.25) is 0 Å².